The maximum atomic E-state index is 13.4. The normalized spacial score (nSPS) is 20.3. The number of nitrogens with one attached hydrogen (secondary N) is 1. The summed E-state index contributed by atoms with van der Waals surface area (Å²) in [6.07, 6.45) is 1.05. The highest BCUT2D eigenvalue weighted by Gasteiger charge is 2.30. The molecule has 1 N–H and O–H groups in total. The van der Waals surface area contributed by atoms with E-state index >= 15 is 0 Å². The molecular formula is C15H23FN2. The molecule has 2 atom stereocenters. The Bertz CT molecular complexity index is 417. The molecule has 1 aromatic carbocycles. The van der Waals surface area contributed by atoms with Crippen LogP contribution >= 0.6 is 0 Å². The molecule has 0 saturated carbocycles. The fourth-order valence-electron chi connectivity index (χ4n) is 2.78. The third kappa shape index (κ3) is 2.51. The van der Waals surface area contributed by atoms with E-state index in [1.165, 1.54) is 11.3 Å². The second-order valence-electron chi connectivity index (χ2n) is 5.57. The molecule has 3 heteroatoms. The fraction of sp³-hybridized carbons (Fsp3) is 0.600. The second-order valence-corrected chi connectivity index (χ2v) is 5.57. The summed E-state index contributed by atoms with van der Waals surface area (Å²) in [7, 11) is 1.98. The van der Waals surface area contributed by atoms with E-state index in [-0.39, 0.29) is 5.82 Å². The van der Waals surface area contributed by atoms with Gasteiger partial charge in [0.15, 0.2) is 0 Å². The van der Waals surface area contributed by atoms with Crippen molar-refractivity contribution in [2.24, 2.45) is 0 Å². The zero-order valence-electron chi connectivity index (χ0n) is 11.7. The van der Waals surface area contributed by atoms with Crippen LogP contribution in [0.2, 0.25) is 0 Å². The molecular weight excluding hydrogens is 227 g/mol. The van der Waals surface area contributed by atoms with Crippen molar-refractivity contribution in [1.29, 1.82) is 0 Å². The van der Waals surface area contributed by atoms with E-state index in [1.807, 2.05) is 13.1 Å². The third-order valence-corrected chi connectivity index (χ3v) is 3.91. The van der Waals surface area contributed by atoms with Crippen LogP contribution in [-0.4, -0.2) is 25.7 Å². The minimum atomic E-state index is -0.124. The molecule has 0 saturated heterocycles. The second kappa shape index (κ2) is 5.27. The van der Waals surface area contributed by atoms with Gasteiger partial charge in [-0.3, -0.25) is 0 Å². The van der Waals surface area contributed by atoms with Crippen LogP contribution in [0.5, 0.6) is 0 Å². The van der Waals surface area contributed by atoms with Crippen molar-refractivity contribution in [3.05, 3.63) is 29.6 Å². The number of nitrogens with zero attached hydrogens (tertiary/aromatic N) is 1. The smallest absolute Gasteiger partial charge is 0.123 e. The van der Waals surface area contributed by atoms with E-state index in [0.717, 1.165) is 13.0 Å². The molecule has 2 nitrogen and oxygen atoms in total. The van der Waals surface area contributed by atoms with Gasteiger partial charge in [0, 0.05) is 30.2 Å². The fourth-order valence-corrected chi connectivity index (χ4v) is 2.78. The largest absolute Gasteiger partial charge is 0.368 e. The standard InChI is InChI=1S/C15H23FN2/c1-10(2)18-9-12(7-11(3)17-4)14-8-13(16)5-6-15(14)18/h5-6,8,10-12,17H,7,9H2,1-4H3. The number of anilines is 1. The molecule has 0 radical (unpaired) electrons. The average molecular weight is 250 g/mol. The Hall–Kier alpha value is -1.09. The molecule has 0 spiro atoms. The van der Waals surface area contributed by atoms with Crippen molar-refractivity contribution < 1.29 is 4.39 Å². The van der Waals surface area contributed by atoms with Gasteiger partial charge in [-0.05, 0) is 58.0 Å². The predicted molar refractivity (Wildman–Crippen MR) is 74.8 cm³/mol. The number of hydrogen-bond acceptors (Lipinski definition) is 2. The lowest BCUT2D eigenvalue weighted by Crippen LogP contribution is -2.31. The van der Waals surface area contributed by atoms with Crippen LogP contribution in [0, 0.1) is 5.82 Å². The Morgan fingerprint density at radius 2 is 2.11 bits per heavy atom. The van der Waals surface area contributed by atoms with Crippen molar-refractivity contribution in [1.82, 2.24) is 5.32 Å². The molecule has 1 aromatic rings. The van der Waals surface area contributed by atoms with E-state index < -0.39 is 0 Å². The lowest BCUT2D eigenvalue weighted by Gasteiger charge is -2.25. The van der Waals surface area contributed by atoms with Crippen LogP contribution in [0.15, 0.2) is 18.2 Å². The molecule has 2 unspecified atom stereocenters. The van der Waals surface area contributed by atoms with Gasteiger partial charge in [0.25, 0.3) is 0 Å². The molecule has 1 heterocycles. The first-order valence-corrected chi connectivity index (χ1v) is 6.76. The first-order chi connectivity index (χ1) is 8.52. The summed E-state index contributed by atoms with van der Waals surface area (Å²) in [5.41, 5.74) is 2.38. The minimum Gasteiger partial charge on any atom is -0.368 e. The quantitative estimate of drug-likeness (QED) is 0.883. The Morgan fingerprint density at radius 1 is 1.39 bits per heavy atom. The van der Waals surface area contributed by atoms with Gasteiger partial charge in [-0.2, -0.15) is 0 Å². The van der Waals surface area contributed by atoms with Crippen molar-refractivity contribution >= 4 is 5.69 Å². The van der Waals surface area contributed by atoms with Gasteiger partial charge in [0.05, 0.1) is 0 Å². The first kappa shape index (κ1) is 13.3. The molecule has 18 heavy (non-hydrogen) atoms. The summed E-state index contributed by atoms with van der Waals surface area (Å²) < 4.78 is 13.4. The Kier molecular flexibility index (Phi) is 3.91. The highest BCUT2D eigenvalue weighted by atomic mass is 19.1. The number of halogens is 1. The zero-order valence-corrected chi connectivity index (χ0v) is 11.7. The summed E-state index contributed by atoms with van der Waals surface area (Å²) in [6.45, 7) is 7.56. The van der Waals surface area contributed by atoms with E-state index in [4.69, 9.17) is 0 Å². The number of rotatable bonds is 4. The summed E-state index contributed by atoms with van der Waals surface area (Å²) in [5.74, 6) is 0.307. The molecule has 1 aliphatic rings. The van der Waals surface area contributed by atoms with Crippen LogP contribution in [0.25, 0.3) is 0 Å². The van der Waals surface area contributed by atoms with Gasteiger partial charge < -0.3 is 10.2 Å². The monoisotopic (exact) mass is 250 g/mol. The molecule has 0 fully saturated rings. The molecule has 1 aliphatic heterocycles. The summed E-state index contributed by atoms with van der Waals surface area (Å²) in [4.78, 5) is 2.38. The van der Waals surface area contributed by atoms with Crippen molar-refractivity contribution in [3.8, 4) is 0 Å². The highest BCUT2D eigenvalue weighted by molar-refractivity contribution is 5.61. The number of fused-ring (bicyclic) bond motifs is 1. The molecule has 0 amide bonds. The van der Waals surface area contributed by atoms with Crippen molar-refractivity contribution in [2.75, 3.05) is 18.5 Å². The van der Waals surface area contributed by atoms with Crippen LogP contribution in [0.3, 0.4) is 0 Å². The molecule has 0 aromatic heterocycles. The van der Waals surface area contributed by atoms with E-state index in [9.17, 15) is 4.39 Å². The molecule has 100 valence electrons. The molecule has 2 rings (SSSR count). The van der Waals surface area contributed by atoms with E-state index in [2.05, 4.69) is 31.0 Å². The number of hydrogen-bond donors (Lipinski definition) is 1. The van der Waals surface area contributed by atoms with E-state index in [1.54, 1.807) is 12.1 Å². The maximum absolute atomic E-state index is 13.4. The molecule has 0 bridgehead atoms. The maximum Gasteiger partial charge on any atom is 0.123 e. The zero-order chi connectivity index (χ0) is 13.3. The first-order valence-electron chi connectivity index (χ1n) is 6.76. The minimum absolute atomic E-state index is 0.124. The van der Waals surface area contributed by atoms with Gasteiger partial charge in [-0.1, -0.05) is 0 Å². The highest BCUT2D eigenvalue weighted by Crippen LogP contribution is 2.40. The van der Waals surface area contributed by atoms with Gasteiger partial charge in [0.2, 0.25) is 0 Å². The lowest BCUT2D eigenvalue weighted by atomic mass is 9.94. The Morgan fingerprint density at radius 3 is 2.72 bits per heavy atom. The summed E-state index contributed by atoms with van der Waals surface area (Å²) >= 11 is 0. The average Bonchev–Trinajstić information content (AvgIpc) is 2.67. The topological polar surface area (TPSA) is 15.3 Å². The Labute approximate surface area is 109 Å². The molecule has 0 aliphatic carbocycles. The van der Waals surface area contributed by atoms with Gasteiger partial charge in [-0.25, -0.2) is 4.39 Å². The van der Waals surface area contributed by atoms with Crippen LogP contribution in [0.4, 0.5) is 10.1 Å². The number of benzene rings is 1. The van der Waals surface area contributed by atoms with Crippen molar-refractivity contribution in [2.45, 2.75) is 45.2 Å². The van der Waals surface area contributed by atoms with E-state index in [0.29, 0.717) is 18.0 Å². The summed E-state index contributed by atoms with van der Waals surface area (Å²) in [6, 6.07) is 6.12. The Balaban J connectivity index is 2.29. The summed E-state index contributed by atoms with van der Waals surface area (Å²) in [5, 5.41) is 3.27. The van der Waals surface area contributed by atoms with Crippen LogP contribution < -0.4 is 10.2 Å². The predicted octanol–water partition coefficient (Wildman–Crippen LogP) is 3.14. The van der Waals surface area contributed by atoms with Gasteiger partial charge >= 0.3 is 0 Å². The van der Waals surface area contributed by atoms with Crippen LogP contribution in [0.1, 0.15) is 38.7 Å². The SMILES string of the molecule is CNC(C)CC1CN(C(C)C)c2ccc(F)cc21. The lowest BCUT2D eigenvalue weighted by molar-refractivity contribution is 0.498. The third-order valence-electron chi connectivity index (χ3n) is 3.91. The van der Waals surface area contributed by atoms with Crippen LogP contribution in [-0.2, 0) is 0 Å². The van der Waals surface area contributed by atoms with Gasteiger partial charge in [-0.15, -0.1) is 0 Å². The van der Waals surface area contributed by atoms with Crippen molar-refractivity contribution in [3.63, 3.8) is 0 Å². The van der Waals surface area contributed by atoms with Gasteiger partial charge in [0.1, 0.15) is 5.82 Å².